The number of nitriles is 2. The van der Waals surface area contributed by atoms with Crippen LogP contribution in [0.25, 0.3) is 56.0 Å². The molecular formula is C64H56Cl6F4N14O4. The van der Waals surface area contributed by atoms with Gasteiger partial charge in [0.25, 0.3) is 11.1 Å². The molecule has 2 saturated heterocycles. The van der Waals surface area contributed by atoms with Crippen molar-refractivity contribution in [3.63, 3.8) is 0 Å². The Labute approximate surface area is 555 Å². The summed E-state index contributed by atoms with van der Waals surface area (Å²) in [6.45, 7) is 23.7. The molecule has 4 N–H and O–H groups in total. The van der Waals surface area contributed by atoms with E-state index < -0.39 is 71.4 Å². The molecule has 2 aromatic carbocycles. The first-order valence-electron chi connectivity index (χ1n) is 28.4. The fraction of sp³-hybridized carbons (Fsp3) is 0.281. The normalized spacial score (nSPS) is 15.0. The highest BCUT2D eigenvalue weighted by Crippen LogP contribution is 2.47. The van der Waals surface area contributed by atoms with Crippen molar-refractivity contribution in [1.82, 2.24) is 38.9 Å². The van der Waals surface area contributed by atoms with Crippen molar-refractivity contribution in [3.8, 4) is 46.0 Å². The van der Waals surface area contributed by atoms with E-state index in [0.29, 0.717) is 45.8 Å². The number of benzene rings is 2. The highest BCUT2D eigenvalue weighted by atomic mass is 35.5. The van der Waals surface area contributed by atoms with E-state index in [1.165, 1.54) is 33.4 Å². The zero-order chi connectivity index (χ0) is 67.5. The maximum absolute atomic E-state index is 15.6. The van der Waals surface area contributed by atoms with Crippen LogP contribution in [0.2, 0.25) is 30.1 Å². The number of carbonyl (C=O) groups is 2. The molecule has 0 radical (unpaired) electrons. The molecule has 0 spiro atoms. The molecule has 92 heavy (non-hydrogen) atoms. The van der Waals surface area contributed by atoms with Gasteiger partial charge in [-0.05, 0) is 87.1 Å². The molecule has 10 rings (SSSR count). The highest BCUT2D eigenvalue weighted by Gasteiger charge is 2.36. The highest BCUT2D eigenvalue weighted by molar-refractivity contribution is 6.43. The zero-order valence-electron chi connectivity index (χ0n) is 50.5. The minimum absolute atomic E-state index is 0.00372. The number of hydrogen-bond acceptors (Lipinski definition) is 14. The van der Waals surface area contributed by atoms with Crippen molar-refractivity contribution >= 4 is 126 Å². The van der Waals surface area contributed by atoms with Gasteiger partial charge in [0.15, 0.2) is 23.3 Å². The number of amides is 2. The Balaban J connectivity index is 0.000000217. The van der Waals surface area contributed by atoms with E-state index in [4.69, 9.17) is 91.0 Å². The van der Waals surface area contributed by atoms with E-state index in [0.717, 1.165) is 0 Å². The molecule has 0 aliphatic carbocycles. The summed E-state index contributed by atoms with van der Waals surface area (Å²) < 4.78 is 62.0. The summed E-state index contributed by atoms with van der Waals surface area (Å²) in [5, 5.41) is 18.6. The molecule has 2 fully saturated rings. The van der Waals surface area contributed by atoms with Crippen molar-refractivity contribution < 1.29 is 27.2 Å². The smallest absolute Gasteiger partial charge is 0.276 e. The number of anilines is 4. The maximum atomic E-state index is 15.6. The third-order valence-corrected chi connectivity index (χ3v) is 18.1. The summed E-state index contributed by atoms with van der Waals surface area (Å²) in [5.41, 5.74) is 11.5. The topological polar surface area (TPSA) is 242 Å². The van der Waals surface area contributed by atoms with Crippen molar-refractivity contribution in [2.75, 3.05) is 60.5 Å². The first-order valence-corrected chi connectivity index (χ1v) is 30.7. The Bertz CT molecular complexity index is 4350. The SMILES string of the molecule is C=CC(=O)N1CCN(c2c(C#N)c(=O)n(-c3c(C)ccnc3C(C)C)c3nc(-c4c(Cl)c(N)c(F)c(F)c4Cl)c(Cl)cc23)C[C@H]1C.C=CC(=O)N1CCN(c2c(C#N)c(=O)n(-c3c(C)ccnc3C(C)C)c3nc(-c4c(N)c(Cl)c(F)c(Cl)c4F)c(Cl)cc23)C[C@H]1C. The molecule has 0 bridgehead atoms. The summed E-state index contributed by atoms with van der Waals surface area (Å²) in [5.74, 6) is -6.15. The average molecular weight is 1370 g/mol. The number of halogens is 10. The summed E-state index contributed by atoms with van der Waals surface area (Å²) >= 11 is 38.2. The number of nitrogen functional groups attached to an aromatic ring is 2. The number of pyridine rings is 6. The fourth-order valence-corrected chi connectivity index (χ4v) is 13.2. The van der Waals surface area contributed by atoms with Gasteiger partial charge in [0, 0.05) is 80.1 Å². The van der Waals surface area contributed by atoms with E-state index in [1.54, 1.807) is 48.2 Å². The molecule has 28 heteroatoms. The van der Waals surface area contributed by atoms with Gasteiger partial charge in [0.1, 0.15) is 44.6 Å². The van der Waals surface area contributed by atoms with E-state index in [-0.39, 0.29) is 135 Å². The zero-order valence-corrected chi connectivity index (χ0v) is 55.1. The molecule has 2 amide bonds. The number of rotatable bonds is 10. The maximum Gasteiger partial charge on any atom is 0.276 e. The molecule has 2 atom stereocenters. The van der Waals surface area contributed by atoms with E-state index >= 15 is 4.39 Å². The fourth-order valence-electron chi connectivity index (χ4n) is 11.7. The predicted molar refractivity (Wildman–Crippen MR) is 354 cm³/mol. The second kappa shape index (κ2) is 26.6. The van der Waals surface area contributed by atoms with Crippen LogP contribution >= 0.6 is 69.6 Å². The quantitative estimate of drug-likeness (QED) is 0.0425. The number of nitrogens with two attached hydrogens (primary N) is 2. The Hall–Kier alpha value is -8.48. The van der Waals surface area contributed by atoms with E-state index in [2.05, 4.69) is 35.3 Å². The Morgan fingerprint density at radius 3 is 1.39 bits per heavy atom. The third-order valence-electron chi connectivity index (χ3n) is 16.1. The average Bonchev–Trinajstić information content (AvgIpc) is 0.734. The number of fused-ring (bicyclic) bond motifs is 2. The Kier molecular flexibility index (Phi) is 19.6. The molecule has 18 nitrogen and oxygen atoms in total. The van der Waals surface area contributed by atoms with Crippen LogP contribution in [0.4, 0.5) is 40.3 Å². The minimum Gasteiger partial charge on any atom is -0.397 e. The lowest BCUT2D eigenvalue weighted by Crippen LogP contribution is -2.54. The molecule has 2 aliphatic rings. The van der Waals surface area contributed by atoms with Crippen molar-refractivity contribution in [2.45, 2.75) is 79.3 Å². The van der Waals surface area contributed by atoms with Gasteiger partial charge in [-0.25, -0.2) is 27.5 Å². The minimum atomic E-state index is -1.44. The number of aromatic nitrogens is 6. The van der Waals surface area contributed by atoms with Gasteiger partial charge in [-0.1, -0.05) is 110 Å². The summed E-state index contributed by atoms with van der Waals surface area (Å²) in [4.78, 5) is 79.3. The molecule has 0 saturated carbocycles. The van der Waals surface area contributed by atoms with E-state index in [1.807, 2.05) is 51.3 Å². The summed E-state index contributed by atoms with van der Waals surface area (Å²) in [6, 6.07) is 9.90. The van der Waals surface area contributed by atoms with Gasteiger partial charge in [0.2, 0.25) is 11.8 Å². The second-order valence-electron chi connectivity index (χ2n) is 22.5. The predicted octanol–water partition coefficient (Wildman–Crippen LogP) is 13.6. The van der Waals surface area contributed by atoms with Crippen molar-refractivity contribution in [2.24, 2.45) is 0 Å². The standard InChI is InChI=1S/2C32H28Cl3F2N7O2/c1-6-20(45)43-10-9-42(13-16(43)5)30-17-11-19(33)28(21-24(36)22(34)25(37)23(35)26(21)39)41-31(17)44(32(46)18(30)12-38)29-15(4)7-8-40-27(29)14(2)3;1-6-20(45)43-10-9-42(13-16(43)5)30-17-11-19(33)28(21-22(34)24(36)25(37)26(39)23(21)35)41-31(17)44(32(46)18(30)12-38)29-15(4)7-8-40-27(29)14(2)3/h2*6-8,11,14,16H,1,9-10,13,39H2,2-5H3/t2*16-/m11/s1. The van der Waals surface area contributed by atoms with Crippen molar-refractivity contribution in [1.29, 1.82) is 10.5 Å². The third kappa shape index (κ3) is 11.6. The first-order chi connectivity index (χ1) is 43.5. The van der Waals surface area contributed by atoms with Gasteiger partial charge in [-0.15, -0.1) is 0 Å². The monoisotopic (exact) mass is 1370 g/mol. The largest absolute Gasteiger partial charge is 0.397 e. The van der Waals surface area contributed by atoms with Crippen LogP contribution < -0.4 is 32.4 Å². The van der Waals surface area contributed by atoms with Crippen molar-refractivity contribution in [3.05, 3.63) is 170 Å². The van der Waals surface area contributed by atoms with Crippen LogP contribution in [0.3, 0.4) is 0 Å². The molecule has 8 aromatic rings. The second-order valence-corrected chi connectivity index (χ2v) is 24.8. The van der Waals surface area contributed by atoms with Gasteiger partial charge in [-0.2, -0.15) is 10.5 Å². The first kappa shape index (κ1) is 67.9. The lowest BCUT2D eigenvalue weighted by atomic mass is 10.0. The molecular weight excluding hydrogens is 1320 g/mol. The lowest BCUT2D eigenvalue weighted by molar-refractivity contribution is -0.129. The number of carbonyl (C=O) groups excluding carboxylic acids is 2. The van der Waals surface area contributed by atoms with Crippen LogP contribution in [0, 0.1) is 59.8 Å². The molecule has 476 valence electrons. The number of hydrogen-bond donors (Lipinski definition) is 2. The molecule has 8 heterocycles. The Morgan fingerprint density at radius 2 is 1.01 bits per heavy atom. The van der Waals surface area contributed by atoms with Crippen LogP contribution in [0.1, 0.15) is 87.0 Å². The van der Waals surface area contributed by atoms with Crippen LogP contribution in [-0.2, 0) is 9.59 Å². The van der Waals surface area contributed by atoms with Gasteiger partial charge >= 0.3 is 0 Å². The van der Waals surface area contributed by atoms with E-state index in [9.17, 15) is 42.9 Å². The summed E-state index contributed by atoms with van der Waals surface area (Å²) in [7, 11) is 0. The summed E-state index contributed by atoms with van der Waals surface area (Å²) in [6.07, 6.45) is 5.70. The number of aryl methyl sites for hydroxylation is 2. The molecule has 2 aliphatic heterocycles. The van der Waals surface area contributed by atoms with Crippen LogP contribution in [0.5, 0.6) is 0 Å². The Morgan fingerprint density at radius 1 is 0.598 bits per heavy atom. The van der Waals surface area contributed by atoms with Crippen LogP contribution in [0.15, 0.2) is 71.6 Å². The number of piperazine rings is 2. The van der Waals surface area contributed by atoms with Crippen LogP contribution in [-0.4, -0.2) is 102 Å². The molecule has 6 aromatic heterocycles. The number of nitrogens with zero attached hydrogens (tertiary/aromatic N) is 12. The van der Waals surface area contributed by atoms with Gasteiger partial charge < -0.3 is 31.1 Å². The van der Waals surface area contributed by atoms with Gasteiger partial charge in [0.05, 0.1) is 82.6 Å². The van der Waals surface area contributed by atoms with Gasteiger partial charge in [-0.3, -0.25) is 38.3 Å². The molecule has 0 unspecified atom stereocenters. The lowest BCUT2D eigenvalue weighted by Gasteiger charge is -2.41.